The smallest absolute Gasteiger partial charge is 0.148 e. The highest BCUT2D eigenvalue weighted by molar-refractivity contribution is 5.39. The minimum atomic E-state index is 0.609. The van der Waals surface area contributed by atoms with Gasteiger partial charge in [-0.1, -0.05) is 19.8 Å². The van der Waals surface area contributed by atoms with Crippen LogP contribution in [0.25, 0.3) is 0 Å². The van der Waals surface area contributed by atoms with E-state index < -0.39 is 0 Å². The zero-order chi connectivity index (χ0) is 12.4. The van der Waals surface area contributed by atoms with Crippen LogP contribution in [0.5, 0.6) is 0 Å². The van der Waals surface area contributed by atoms with E-state index in [2.05, 4.69) is 28.5 Å². The summed E-state index contributed by atoms with van der Waals surface area (Å²) in [5.74, 6) is 0.964. The fraction of sp³-hybridized carbons (Fsp3) is 0.733. The van der Waals surface area contributed by atoms with Crippen LogP contribution in [0.4, 0.5) is 5.82 Å². The minimum absolute atomic E-state index is 0.609. The van der Waals surface area contributed by atoms with Gasteiger partial charge in [-0.05, 0) is 55.6 Å². The molecule has 0 atom stereocenters. The first-order valence-electron chi connectivity index (χ1n) is 7.41. The molecular weight excluding hydrogens is 222 g/mol. The number of nitrogens with one attached hydrogen (secondary N) is 1. The van der Waals surface area contributed by atoms with Crippen LogP contribution < -0.4 is 5.32 Å². The molecule has 3 rings (SSSR count). The predicted molar refractivity (Wildman–Crippen MR) is 73.7 cm³/mol. The summed E-state index contributed by atoms with van der Waals surface area (Å²) in [4.78, 5) is 0. The topological polar surface area (TPSA) is 37.8 Å². The van der Waals surface area contributed by atoms with Crippen molar-refractivity contribution in [3.8, 4) is 0 Å². The lowest BCUT2D eigenvalue weighted by molar-refractivity contribution is 0.252. The molecule has 1 aromatic rings. The van der Waals surface area contributed by atoms with E-state index in [9.17, 15) is 0 Å². The molecule has 2 aliphatic carbocycles. The third-order valence-corrected chi connectivity index (χ3v) is 4.64. The van der Waals surface area contributed by atoms with Crippen molar-refractivity contribution in [3.63, 3.8) is 0 Å². The molecule has 1 N–H and O–H groups in total. The summed E-state index contributed by atoms with van der Waals surface area (Å²) in [6, 6.07) is 2.25. The summed E-state index contributed by atoms with van der Waals surface area (Å²) in [5, 5.41) is 12.0. The molecule has 1 aromatic heterocycles. The van der Waals surface area contributed by atoms with E-state index in [1.165, 1.54) is 49.8 Å². The van der Waals surface area contributed by atoms with E-state index in [0.29, 0.717) is 5.41 Å². The molecule has 3 heteroatoms. The zero-order valence-electron chi connectivity index (χ0n) is 11.3. The summed E-state index contributed by atoms with van der Waals surface area (Å²) in [6.45, 7) is 3.16. The van der Waals surface area contributed by atoms with Crippen LogP contribution in [-0.4, -0.2) is 16.7 Å². The van der Waals surface area contributed by atoms with E-state index in [1.807, 2.05) is 0 Å². The zero-order valence-corrected chi connectivity index (χ0v) is 11.3. The highest BCUT2D eigenvalue weighted by atomic mass is 15.2. The molecule has 0 radical (unpaired) electrons. The Morgan fingerprint density at radius 1 is 1.22 bits per heavy atom. The molecule has 0 saturated heterocycles. The highest BCUT2D eigenvalue weighted by Gasteiger charge is 2.37. The second-order valence-corrected chi connectivity index (χ2v) is 6.01. The predicted octanol–water partition coefficient (Wildman–Crippen LogP) is 3.35. The number of aryl methyl sites for hydroxylation is 1. The number of rotatable bonds is 3. The van der Waals surface area contributed by atoms with Gasteiger partial charge in [-0.2, -0.15) is 5.10 Å². The van der Waals surface area contributed by atoms with Gasteiger partial charge in [-0.15, -0.1) is 5.10 Å². The quantitative estimate of drug-likeness (QED) is 0.887. The molecule has 0 aromatic carbocycles. The van der Waals surface area contributed by atoms with E-state index in [-0.39, 0.29) is 0 Å². The molecule has 98 valence electrons. The minimum Gasteiger partial charge on any atom is -0.369 e. The summed E-state index contributed by atoms with van der Waals surface area (Å²) in [6.07, 6.45) is 10.5. The Kier molecular flexibility index (Phi) is 3.23. The Bertz CT molecular complexity index is 422. The van der Waals surface area contributed by atoms with Crippen molar-refractivity contribution >= 4 is 5.82 Å². The second kappa shape index (κ2) is 4.87. The van der Waals surface area contributed by atoms with Crippen LogP contribution in [0.15, 0.2) is 6.07 Å². The maximum atomic E-state index is 4.41. The SMILES string of the molecule is CCCNc1cc2c(nn1)CCC1(CCCC1)C2. The highest BCUT2D eigenvalue weighted by Crippen LogP contribution is 2.47. The van der Waals surface area contributed by atoms with E-state index >= 15 is 0 Å². The van der Waals surface area contributed by atoms with Crippen molar-refractivity contribution in [2.24, 2.45) is 5.41 Å². The largest absolute Gasteiger partial charge is 0.369 e. The summed E-state index contributed by atoms with van der Waals surface area (Å²) < 4.78 is 0. The van der Waals surface area contributed by atoms with E-state index in [1.54, 1.807) is 0 Å². The average Bonchev–Trinajstić information content (AvgIpc) is 2.84. The average molecular weight is 245 g/mol. The summed E-state index contributed by atoms with van der Waals surface area (Å²) in [5.41, 5.74) is 3.31. The van der Waals surface area contributed by atoms with Crippen molar-refractivity contribution in [2.45, 2.75) is 58.3 Å². The molecule has 0 unspecified atom stereocenters. The van der Waals surface area contributed by atoms with Gasteiger partial charge in [0.2, 0.25) is 0 Å². The van der Waals surface area contributed by atoms with Gasteiger partial charge >= 0.3 is 0 Å². The normalized spacial score (nSPS) is 20.9. The first kappa shape index (κ1) is 11.9. The van der Waals surface area contributed by atoms with Gasteiger partial charge in [0, 0.05) is 6.54 Å². The van der Waals surface area contributed by atoms with Crippen molar-refractivity contribution < 1.29 is 0 Å². The van der Waals surface area contributed by atoms with Gasteiger partial charge in [0.15, 0.2) is 0 Å². The molecule has 2 aliphatic rings. The van der Waals surface area contributed by atoms with Crippen molar-refractivity contribution in [1.29, 1.82) is 0 Å². The van der Waals surface area contributed by atoms with E-state index in [0.717, 1.165) is 25.2 Å². The number of fused-ring (bicyclic) bond motifs is 1. The Labute approximate surface area is 109 Å². The monoisotopic (exact) mass is 245 g/mol. The molecular formula is C15H23N3. The van der Waals surface area contributed by atoms with Crippen molar-refractivity contribution in [3.05, 3.63) is 17.3 Å². The molecule has 0 amide bonds. The van der Waals surface area contributed by atoms with Crippen molar-refractivity contribution in [2.75, 3.05) is 11.9 Å². The van der Waals surface area contributed by atoms with Crippen LogP contribution in [0.1, 0.15) is 56.7 Å². The van der Waals surface area contributed by atoms with Gasteiger partial charge in [-0.25, -0.2) is 0 Å². The fourth-order valence-corrected chi connectivity index (χ4v) is 3.59. The molecule has 1 fully saturated rings. The molecule has 1 heterocycles. The van der Waals surface area contributed by atoms with Crippen LogP contribution in [-0.2, 0) is 12.8 Å². The Morgan fingerprint density at radius 2 is 2.06 bits per heavy atom. The maximum absolute atomic E-state index is 4.41. The summed E-state index contributed by atoms with van der Waals surface area (Å²) in [7, 11) is 0. The number of anilines is 1. The molecule has 0 aliphatic heterocycles. The lowest BCUT2D eigenvalue weighted by Crippen LogP contribution is -2.27. The number of hydrogen-bond acceptors (Lipinski definition) is 3. The Balaban J connectivity index is 1.79. The van der Waals surface area contributed by atoms with Crippen molar-refractivity contribution in [1.82, 2.24) is 10.2 Å². The van der Waals surface area contributed by atoms with Gasteiger partial charge in [0.1, 0.15) is 5.82 Å². The standard InChI is InChI=1S/C15H23N3/c1-2-9-16-14-10-12-11-15(6-3-4-7-15)8-5-13(12)17-18-14/h10H,2-9,11H2,1H3,(H,16,18). The van der Waals surface area contributed by atoms with Gasteiger partial charge < -0.3 is 5.32 Å². The lowest BCUT2D eigenvalue weighted by Gasteiger charge is -2.34. The van der Waals surface area contributed by atoms with Crippen LogP contribution >= 0.6 is 0 Å². The van der Waals surface area contributed by atoms with Crippen LogP contribution in [0.2, 0.25) is 0 Å². The number of nitrogens with zero attached hydrogens (tertiary/aromatic N) is 2. The van der Waals surface area contributed by atoms with E-state index in [4.69, 9.17) is 0 Å². The third-order valence-electron chi connectivity index (χ3n) is 4.64. The first-order valence-corrected chi connectivity index (χ1v) is 7.41. The Morgan fingerprint density at radius 3 is 2.83 bits per heavy atom. The number of aromatic nitrogens is 2. The van der Waals surface area contributed by atoms with Gasteiger partial charge in [-0.3, -0.25) is 0 Å². The molecule has 18 heavy (non-hydrogen) atoms. The van der Waals surface area contributed by atoms with Gasteiger partial charge in [0.05, 0.1) is 5.69 Å². The van der Waals surface area contributed by atoms with Crippen LogP contribution in [0.3, 0.4) is 0 Å². The molecule has 3 nitrogen and oxygen atoms in total. The first-order chi connectivity index (χ1) is 8.81. The lowest BCUT2D eigenvalue weighted by atomic mass is 9.72. The molecule has 1 spiro atoms. The third kappa shape index (κ3) is 2.23. The van der Waals surface area contributed by atoms with Gasteiger partial charge in [0.25, 0.3) is 0 Å². The molecule has 0 bridgehead atoms. The maximum Gasteiger partial charge on any atom is 0.148 e. The molecule has 1 saturated carbocycles. The second-order valence-electron chi connectivity index (χ2n) is 6.01. The number of hydrogen-bond donors (Lipinski definition) is 1. The van der Waals surface area contributed by atoms with Crippen LogP contribution in [0, 0.1) is 5.41 Å². The fourth-order valence-electron chi connectivity index (χ4n) is 3.59. The Hall–Kier alpha value is -1.12. The summed E-state index contributed by atoms with van der Waals surface area (Å²) >= 11 is 0.